The molecule has 1 aliphatic heterocycles. The van der Waals surface area contributed by atoms with Crippen molar-refractivity contribution in [3.8, 4) is 5.75 Å². The van der Waals surface area contributed by atoms with Crippen molar-refractivity contribution in [1.82, 2.24) is 9.80 Å². The number of rotatable bonds is 6. The minimum Gasteiger partial charge on any atom is -0.496 e. The van der Waals surface area contributed by atoms with Gasteiger partial charge in [-0.05, 0) is 37.3 Å². The third-order valence-electron chi connectivity index (χ3n) is 5.36. The lowest BCUT2D eigenvalue weighted by Crippen LogP contribution is -2.45. The highest BCUT2D eigenvalue weighted by Crippen LogP contribution is 2.30. The molecular formula is C21H29N3O2. The van der Waals surface area contributed by atoms with Crippen LogP contribution in [0.1, 0.15) is 25.8 Å². The van der Waals surface area contributed by atoms with Gasteiger partial charge in [-0.3, -0.25) is 9.69 Å². The molecule has 0 saturated carbocycles. The number of nitrogens with two attached hydrogens (primary N) is 1. The maximum atomic E-state index is 12.9. The van der Waals surface area contributed by atoms with Gasteiger partial charge in [0, 0.05) is 37.6 Å². The van der Waals surface area contributed by atoms with Gasteiger partial charge in [0.15, 0.2) is 0 Å². The topological polar surface area (TPSA) is 58.8 Å². The minimum atomic E-state index is -0.134. The third-order valence-corrected chi connectivity index (χ3v) is 5.36. The summed E-state index contributed by atoms with van der Waals surface area (Å²) in [6, 6.07) is 12.3. The summed E-state index contributed by atoms with van der Waals surface area (Å²) in [5, 5.41) is 2.27. The highest BCUT2D eigenvalue weighted by Gasteiger charge is 2.36. The zero-order chi connectivity index (χ0) is 18.7. The van der Waals surface area contributed by atoms with Crippen LogP contribution in [0.2, 0.25) is 0 Å². The Balaban J connectivity index is 1.90. The van der Waals surface area contributed by atoms with Crippen LogP contribution in [0.25, 0.3) is 10.8 Å². The van der Waals surface area contributed by atoms with E-state index in [1.165, 1.54) is 10.9 Å². The first-order valence-corrected chi connectivity index (χ1v) is 9.42. The molecule has 1 heterocycles. The fourth-order valence-corrected chi connectivity index (χ4v) is 3.99. The van der Waals surface area contributed by atoms with E-state index < -0.39 is 0 Å². The lowest BCUT2D eigenvalue weighted by molar-refractivity contribution is -0.135. The fourth-order valence-electron chi connectivity index (χ4n) is 3.99. The van der Waals surface area contributed by atoms with Gasteiger partial charge in [-0.15, -0.1) is 0 Å². The number of benzene rings is 2. The Morgan fingerprint density at radius 1 is 1.19 bits per heavy atom. The standard InChI is InChI=1S/C21H29N3O2/c1-4-23(5-2)21(25)19-12-16(22)14-24(19)13-15-10-11-20(26-3)18-9-7-6-8-17(15)18/h6-11,16,19H,4-5,12-14,22H2,1-3H3/t16-,19+/m1/s1. The molecule has 140 valence electrons. The number of likely N-dealkylation sites (N-methyl/N-ethyl adjacent to an activating group) is 1. The summed E-state index contributed by atoms with van der Waals surface area (Å²) in [5.41, 5.74) is 7.42. The van der Waals surface area contributed by atoms with Gasteiger partial charge >= 0.3 is 0 Å². The van der Waals surface area contributed by atoms with Crippen LogP contribution in [0.3, 0.4) is 0 Å². The molecule has 0 aromatic heterocycles. The first-order valence-electron chi connectivity index (χ1n) is 9.42. The summed E-state index contributed by atoms with van der Waals surface area (Å²) >= 11 is 0. The van der Waals surface area contributed by atoms with Crippen molar-refractivity contribution in [1.29, 1.82) is 0 Å². The summed E-state index contributed by atoms with van der Waals surface area (Å²) in [4.78, 5) is 17.1. The molecule has 0 aliphatic carbocycles. The Morgan fingerprint density at radius 3 is 2.54 bits per heavy atom. The van der Waals surface area contributed by atoms with Crippen LogP contribution < -0.4 is 10.5 Å². The summed E-state index contributed by atoms with van der Waals surface area (Å²) in [6.07, 6.45) is 0.726. The average Bonchev–Trinajstić information content (AvgIpc) is 3.03. The highest BCUT2D eigenvalue weighted by molar-refractivity contribution is 5.91. The van der Waals surface area contributed by atoms with Crippen molar-refractivity contribution in [2.24, 2.45) is 5.73 Å². The number of hydrogen-bond donors (Lipinski definition) is 1. The number of ether oxygens (including phenoxy) is 1. The molecule has 0 bridgehead atoms. The average molecular weight is 355 g/mol. The van der Waals surface area contributed by atoms with Gasteiger partial charge in [0.2, 0.25) is 5.91 Å². The predicted molar refractivity (Wildman–Crippen MR) is 105 cm³/mol. The van der Waals surface area contributed by atoms with Crippen LogP contribution in [0.5, 0.6) is 5.75 Å². The number of carbonyl (C=O) groups is 1. The summed E-state index contributed by atoms with van der Waals surface area (Å²) in [5.74, 6) is 1.07. The molecule has 0 radical (unpaired) electrons. The maximum Gasteiger partial charge on any atom is 0.239 e. The summed E-state index contributed by atoms with van der Waals surface area (Å²) in [6.45, 7) is 6.99. The van der Waals surface area contributed by atoms with Crippen molar-refractivity contribution in [2.75, 3.05) is 26.7 Å². The molecule has 0 spiro atoms. The SMILES string of the molecule is CCN(CC)C(=O)[C@@H]1C[C@@H](N)CN1Cc1ccc(OC)c2ccccc12. The number of amides is 1. The van der Waals surface area contributed by atoms with Gasteiger partial charge in [-0.1, -0.05) is 30.3 Å². The van der Waals surface area contributed by atoms with E-state index in [-0.39, 0.29) is 18.0 Å². The molecule has 26 heavy (non-hydrogen) atoms. The van der Waals surface area contributed by atoms with Crippen molar-refractivity contribution >= 4 is 16.7 Å². The molecule has 1 saturated heterocycles. The van der Waals surface area contributed by atoms with E-state index in [1.807, 2.05) is 36.9 Å². The van der Waals surface area contributed by atoms with E-state index in [4.69, 9.17) is 10.5 Å². The van der Waals surface area contributed by atoms with E-state index >= 15 is 0 Å². The molecular weight excluding hydrogens is 326 g/mol. The number of hydrogen-bond acceptors (Lipinski definition) is 4. The monoisotopic (exact) mass is 355 g/mol. The molecule has 2 aromatic carbocycles. The van der Waals surface area contributed by atoms with Crippen LogP contribution >= 0.6 is 0 Å². The Hall–Kier alpha value is -2.11. The molecule has 1 fully saturated rings. The smallest absolute Gasteiger partial charge is 0.239 e. The largest absolute Gasteiger partial charge is 0.496 e. The highest BCUT2D eigenvalue weighted by atomic mass is 16.5. The number of likely N-dealkylation sites (tertiary alicyclic amines) is 1. The molecule has 2 atom stereocenters. The lowest BCUT2D eigenvalue weighted by atomic mass is 10.0. The lowest BCUT2D eigenvalue weighted by Gasteiger charge is -2.29. The Labute approximate surface area is 155 Å². The Kier molecular flexibility index (Phi) is 5.79. The van der Waals surface area contributed by atoms with Crippen molar-refractivity contribution in [3.05, 3.63) is 42.0 Å². The van der Waals surface area contributed by atoms with E-state index in [0.717, 1.165) is 43.7 Å². The van der Waals surface area contributed by atoms with Gasteiger partial charge in [-0.25, -0.2) is 0 Å². The van der Waals surface area contributed by atoms with Gasteiger partial charge in [-0.2, -0.15) is 0 Å². The number of fused-ring (bicyclic) bond motifs is 1. The minimum absolute atomic E-state index is 0.0454. The first-order chi connectivity index (χ1) is 12.6. The van der Waals surface area contributed by atoms with Crippen LogP contribution in [-0.2, 0) is 11.3 Å². The van der Waals surface area contributed by atoms with Gasteiger partial charge in [0.05, 0.1) is 13.2 Å². The van der Waals surface area contributed by atoms with Crippen LogP contribution in [0.4, 0.5) is 0 Å². The zero-order valence-electron chi connectivity index (χ0n) is 15.9. The second kappa shape index (κ2) is 8.06. The molecule has 2 N–H and O–H groups in total. The van der Waals surface area contributed by atoms with Gasteiger partial charge in [0.1, 0.15) is 5.75 Å². The fraction of sp³-hybridized carbons (Fsp3) is 0.476. The van der Waals surface area contributed by atoms with Crippen LogP contribution in [0.15, 0.2) is 36.4 Å². The summed E-state index contributed by atoms with van der Waals surface area (Å²) < 4.78 is 5.50. The van der Waals surface area contributed by atoms with Crippen LogP contribution in [-0.4, -0.2) is 54.5 Å². The van der Waals surface area contributed by atoms with E-state index in [9.17, 15) is 4.79 Å². The Bertz CT molecular complexity index is 773. The predicted octanol–water partition coefficient (Wildman–Crippen LogP) is 2.62. The molecule has 3 rings (SSSR count). The summed E-state index contributed by atoms with van der Waals surface area (Å²) in [7, 11) is 1.69. The van der Waals surface area contributed by atoms with E-state index in [0.29, 0.717) is 0 Å². The molecule has 5 heteroatoms. The van der Waals surface area contributed by atoms with Crippen molar-refractivity contribution in [3.63, 3.8) is 0 Å². The van der Waals surface area contributed by atoms with Crippen molar-refractivity contribution < 1.29 is 9.53 Å². The normalized spacial score (nSPS) is 20.5. The second-order valence-electron chi connectivity index (χ2n) is 6.92. The number of nitrogens with zero attached hydrogens (tertiary/aromatic N) is 2. The van der Waals surface area contributed by atoms with Gasteiger partial charge < -0.3 is 15.4 Å². The first kappa shape index (κ1) is 18.7. The van der Waals surface area contributed by atoms with E-state index in [1.54, 1.807) is 7.11 Å². The van der Waals surface area contributed by atoms with Gasteiger partial charge in [0.25, 0.3) is 0 Å². The quantitative estimate of drug-likeness (QED) is 0.865. The van der Waals surface area contributed by atoms with Crippen molar-refractivity contribution in [2.45, 2.75) is 38.9 Å². The zero-order valence-corrected chi connectivity index (χ0v) is 15.9. The van der Waals surface area contributed by atoms with Crippen LogP contribution in [0, 0.1) is 0 Å². The third kappa shape index (κ3) is 3.55. The number of carbonyl (C=O) groups excluding carboxylic acids is 1. The Morgan fingerprint density at radius 2 is 1.88 bits per heavy atom. The molecule has 1 aliphatic rings. The molecule has 0 unspecified atom stereocenters. The van der Waals surface area contributed by atoms with E-state index in [2.05, 4.69) is 23.1 Å². The molecule has 5 nitrogen and oxygen atoms in total. The number of methoxy groups -OCH3 is 1. The molecule has 1 amide bonds. The second-order valence-corrected chi connectivity index (χ2v) is 6.92. The maximum absolute atomic E-state index is 12.9. The molecule has 2 aromatic rings.